The highest BCUT2D eigenvalue weighted by Crippen LogP contribution is 2.41. The monoisotopic (exact) mass is 299 g/mol. The Balaban J connectivity index is 2.36. The molecule has 0 aromatic heterocycles. The van der Waals surface area contributed by atoms with Crippen LogP contribution in [0.3, 0.4) is 0 Å². The molecule has 1 aromatic rings. The van der Waals surface area contributed by atoms with Gasteiger partial charge >= 0.3 is 6.18 Å². The van der Waals surface area contributed by atoms with Crippen molar-refractivity contribution in [1.29, 1.82) is 0 Å². The lowest BCUT2D eigenvalue weighted by molar-refractivity contribution is -0.137. The summed E-state index contributed by atoms with van der Waals surface area (Å²) in [4.78, 5) is 12.6. The molecule has 116 valence electrons. The van der Waals surface area contributed by atoms with Gasteiger partial charge in [-0.05, 0) is 43.4 Å². The van der Waals surface area contributed by atoms with E-state index >= 15 is 0 Å². The van der Waals surface area contributed by atoms with Crippen LogP contribution < -0.4 is 4.90 Å². The topological polar surface area (TPSA) is 20.3 Å². The molecule has 0 amide bonds. The maximum Gasteiger partial charge on any atom is 0.418 e. The molecule has 21 heavy (non-hydrogen) atoms. The average Bonchev–Trinajstić information content (AvgIpc) is 3.22. The highest BCUT2D eigenvalue weighted by Gasteiger charge is 2.38. The predicted molar refractivity (Wildman–Crippen MR) is 76.7 cm³/mol. The van der Waals surface area contributed by atoms with Gasteiger partial charge < -0.3 is 4.90 Å². The Bertz CT molecular complexity index is 507. The molecule has 0 bridgehead atoms. The number of carbonyl (C=O) groups is 1. The Morgan fingerprint density at radius 3 is 2.48 bits per heavy atom. The summed E-state index contributed by atoms with van der Waals surface area (Å²) in [5.41, 5.74) is -0.440. The minimum absolute atomic E-state index is 0.0608. The van der Waals surface area contributed by atoms with Crippen molar-refractivity contribution in [3.8, 4) is 0 Å². The predicted octanol–water partition coefficient (Wildman–Crippen LogP) is 4.53. The molecule has 0 N–H and O–H groups in total. The van der Waals surface area contributed by atoms with Gasteiger partial charge in [-0.2, -0.15) is 13.2 Å². The third-order valence-corrected chi connectivity index (χ3v) is 3.71. The molecule has 0 radical (unpaired) electrons. The van der Waals surface area contributed by atoms with Gasteiger partial charge in [0.25, 0.3) is 0 Å². The van der Waals surface area contributed by atoms with E-state index in [4.69, 9.17) is 0 Å². The number of carbonyl (C=O) groups excluding carboxylic acids is 1. The van der Waals surface area contributed by atoms with Crippen molar-refractivity contribution in [1.82, 2.24) is 0 Å². The fourth-order valence-corrected chi connectivity index (χ4v) is 2.39. The summed E-state index contributed by atoms with van der Waals surface area (Å²) in [5.74, 6) is 0.440. The van der Waals surface area contributed by atoms with Gasteiger partial charge in [-0.1, -0.05) is 13.8 Å². The van der Waals surface area contributed by atoms with Crippen LogP contribution in [0.25, 0.3) is 0 Å². The summed E-state index contributed by atoms with van der Waals surface area (Å²) >= 11 is 0. The number of halogens is 3. The fraction of sp³-hybridized carbons (Fsp3) is 0.562. The van der Waals surface area contributed by atoms with Crippen molar-refractivity contribution >= 4 is 12.0 Å². The normalized spacial score (nSPS) is 15.3. The summed E-state index contributed by atoms with van der Waals surface area (Å²) in [6.45, 7) is 4.74. The first-order chi connectivity index (χ1) is 9.82. The van der Waals surface area contributed by atoms with Gasteiger partial charge in [0.1, 0.15) is 6.29 Å². The van der Waals surface area contributed by atoms with Crippen LogP contribution >= 0.6 is 0 Å². The number of alkyl halides is 3. The van der Waals surface area contributed by atoms with Crippen molar-refractivity contribution in [2.24, 2.45) is 5.92 Å². The largest absolute Gasteiger partial charge is 0.418 e. The first kappa shape index (κ1) is 15.9. The van der Waals surface area contributed by atoms with E-state index in [1.165, 1.54) is 12.1 Å². The lowest BCUT2D eigenvalue weighted by Crippen LogP contribution is -2.30. The average molecular weight is 299 g/mol. The first-order valence-electron chi connectivity index (χ1n) is 7.26. The maximum atomic E-state index is 13.3. The highest BCUT2D eigenvalue weighted by molar-refractivity contribution is 5.77. The summed E-state index contributed by atoms with van der Waals surface area (Å²) in [6, 6.07) is 4.05. The van der Waals surface area contributed by atoms with Crippen LogP contribution in [0, 0.1) is 5.92 Å². The van der Waals surface area contributed by atoms with Crippen molar-refractivity contribution in [3.05, 3.63) is 29.3 Å². The molecule has 5 heteroatoms. The second kappa shape index (κ2) is 6.08. The summed E-state index contributed by atoms with van der Waals surface area (Å²) < 4.78 is 39.8. The van der Waals surface area contributed by atoms with Gasteiger partial charge in [0.05, 0.1) is 5.56 Å². The molecule has 0 aliphatic heterocycles. The molecule has 0 spiro atoms. The highest BCUT2D eigenvalue weighted by atomic mass is 19.4. The Hall–Kier alpha value is -1.52. The van der Waals surface area contributed by atoms with Gasteiger partial charge in [0.15, 0.2) is 0 Å². The van der Waals surface area contributed by atoms with E-state index in [0.29, 0.717) is 18.7 Å². The molecule has 0 atom stereocenters. The summed E-state index contributed by atoms with van der Waals surface area (Å²) in [5, 5.41) is 0. The minimum atomic E-state index is -4.45. The number of anilines is 1. The van der Waals surface area contributed by atoms with Gasteiger partial charge in [-0.25, -0.2) is 0 Å². The van der Waals surface area contributed by atoms with Gasteiger partial charge in [-0.15, -0.1) is 0 Å². The van der Waals surface area contributed by atoms with Crippen molar-refractivity contribution in [2.45, 2.75) is 45.3 Å². The van der Waals surface area contributed by atoms with Crippen LogP contribution in [0.15, 0.2) is 18.2 Å². The van der Waals surface area contributed by atoms with Crippen LogP contribution in [0.5, 0.6) is 0 Å². The van der Waals surface area contributed by atoms with Crippen LogP contribution in [0.2, 0.25) is 0 Å². The van der Waals surface area contributed by atoms with E-state index in [-0.39, 0.29) is 17.3 Å². The Kier molecular flexibility index (Phi) is 4.59. The zero-order valence-corrected chi connectivity index (χ0v) is 12.3. The molecule has 1 aliphatic rings. The molecule has 1 aromatic carbocycles. The van der Waals surface area contributed by atoms with Crippen LogP contribution in [0.1, 0.15) is 49.0 Å². The minimum Gasteiger partial charge on any atom is -0.368 e. The van der Waals surface area contributed by atoms with E-state index in [1.54, 1.807) is 0 Å². The van der Waals surface area contributed by atoms with E-state index in [0.717, 1.165) is 25.3 Å². The molecule has 0 heterocycles. The molecular weight excluding hydrogens is 279 g/mol. The van der Waals surface area contributed by atoms with E-state index in [2.05, 4.69) is 13.8 Å². The van der Waals surface area contributed by atoms with Gasteiger partial charge in [0.2, 0.25) is 0 Å². The van der Waals surface area contributed by atoms with E-state index in [1.807, 2.05) is 4.90 Å². The molecule has 1 saturated carbocycles. The van der Waals surface area contributed by atoms with Gasteiger partial charge in [0, 0.05) is 23.8 Å². The first-order valence-corrected chi connectivity index (χ1v) is 7.26. The number of benzene rings is 1. The Labute approximate surface area is 122 Å². The molecular formula is C16H20F3NO. The third-order valence-electron chi connectivity index (χ3n) is 3.71. The molecule has 0 saturated heterocycles. The molecule has 2 rings (SSSR count). The molecule has 0 unspecified atom stereocenters. The van der Waals surface area contributed by atoms with Crippen molar-refractivity contribution in [3.63, 3.8) is 0 Å². The molecule has 1 fully saturated rings. The van der Waals surface area contributed by atoms with E-state index < -0.39 is 11.7 Å². The lowest BCUT2D eigenvalue weighted by Gasteiger charge is -2.28. The summed E-state index contributed by atoms with van der Waals surface area (Å²) in [6.07, 6.45) is -1.27. The SMILES string of the molecule is CC(C)CCN(c1ccc(C=O)cc1C(F)(F)F)C1CC1. The third kappa shape index (κ3) is 3.99. The van der Waals surface area contributed by atoms with Crippen LogP contribution in [-0.4, -0.2) is 18.9 Å². The van der Waals surface area contributed by atoms with Gasteiger partial charge in [-0.3, -0.25) is 4.79 Å². The fourth-order valence-electron chi connectivity index (χ4n) is 2.39. The standard InChI is InChI=1S/C16H20F3NO/c1-11(2)7-8-20(13-4-5-13)15-6-3-12(10-21)9-14(15)16(17,18)19/h3,6,9-11,13H,4-5,7-8H2,1-2H3. The second-order valence-corrected chi connectivity index (χ2v) is 6.00. The maximum absolute atomic E-state index is 13.3. The number of hydrogen-bond donors (Lipinski definition) is 0. The summed E-state index contributed by atoms with van der Waals surface area (Å²) in [7, 11) is 0. The smallest absolute Gasteiger partial charge is 0.368 e. The zero-order chi connectivity index (χ0) is 15.6. The van der Waals surface area contributed by atoms with Crippen molar-refractivity contribution in [2.75, 3.05) is 11.4 Å². The number of hydrogen-bond acceptors (Lipinski definition) is 2. The Morgan fingerprint density at radius 1 is 1.33 bits per heavy atom. The second-order valence-electron chi connectivity index (χ2n) is 6.00. The number of aldehydes is 1. The van der Waals surface area contributed by atoms with Crippen molar-refractivity contribution < 1.29 is 18.0 Å². The zero-order valence-electron chi connectivity index (χ0n) is 12.3. The quantitative estimate of drug-likeness (QED) is 0.719. The van der Waals surface area contributed by atoms with Crippen LogP contribution in [-0.2, 0) is 6.18 Å². The lowest BCUT2D eigenvalue weighted by atomic mass is 10.1. The Morgan fingerprint density at radius 2 is 2.00 bits per heavy atom. The number of rotatable bonds is 6. The van der Waals surface area contributed by atoms with E-state index in [9.17, 15) is 18.0 Å². The molecule has 2 nitrogen and oxygen atoms in total. The number of nitrogens with zero attached hydrogens (tertiary/aromatic N) is 1. The van der Waals surface area contributed by atoms with Crippen LogP contribution in [0.4, 0.5) is 18.9 Å². The molecule has 1 aliphatic carbocycles.